The highest BCUT2D eigenvalue weighted by atomic mass is 35.5. The zero-order valence-corrected chi connectivity index (χ0v) is 18.1. The number of halogens is 1. The van der Waals surface area contributed by atoms with Gasteiger partial charge >= 0.3 is 0 Å². The van der Waals surface area contributed by atoms with Crippen molar-refractivity contribution in [3.8, 4) is 0 Å². The Morgan fingerprint density at radius 1 is 1.03 bits per heavy atom. The average Bonchev–Trinajstić information content (AvgIpc) is 3.04. The third kappa shape index (κ3) is 3.74. The molecule has 1 amide bonds. The number of carbonyl (C=O) groups is 1. The third-order valence-electron chi connectivity index (χ3n) is 5.64. The zero-order valence-electron chi connectivity index (χ0n) is 16.5. The number of carbonyl (C=O) groups excluding carboxylic acids is 1. The van der Waals surface area contributed by atoms with Crippen molar-refractivity contribution in [2.24, 2.45) is 0 Å². The molecule has 2 aromatic carbocycles. The van der Waals surface area contributed by atoms with Gasteiger partial charge in [-0.1, -0.05) is 11.6 Å². The Kier molecular flexibility index (Phi) is 5.31. The Hall–Kier alpha value is -2.09. The molecule has 4 rings (SSSR count). The Labute approximate surface area is 176 Å². The zero-order chi connectivity index (χ0) is 20.8. The van der Waals surface area contributed by atoms with Crippen LogP contribution >= 0.6 is 11.6 Å². The molecule has 154 valence electrons. The van der Waals surface area contributed by atoms with E-state index in [2.05, 4.69) is 4.90 Å². The van der Waals surface area contributed by atoms with E-state index >= 15 is 0 Å². The largest absolute Gasteiger partial charge is 0.336 e. The average molecular weight is 434 g/mol. The van der Waals surface area contributed by atoms with Crippen molar-refractivity contribution in [2.45, 2.75) is 24.3 Å². The maximum Gasteiger partial charge on any atom is 0.264 e. The quantitative estimate of drug-likeness (QED) is 0.746. The van der Waals surface area contributed by atoms with E-state index in [9.17, 15) is 13.2 Å². The first-order chi connectivity index (χ1) is 13.8. The van der Waals surface area contributed by atoms with Crippen LogP contribution in [0.2, 0.25) is 5.02 Å². The molecule has 0 aromatic heterocycles. The molecule has 0 unspecified atom stereocenters. The number of likely N-dealkylation sites (N-methyl/N-ethyl adjacent to an activating group) is 1. The number of nitrogens with zero attached hydrogens (tertiary/aromatic N) is 3. The van der Waals surface area contributed by atoms with E-state index in [-0.39, 0.29) is 16.8 Å². The number of hydrogen-bond donors (Lipinski definition) is 0. The van der Waals surface area contributed by atoms with Crippen molar-refractivity contribution in [3.63, 3.8) is 0 Å². The van der Waals surface area contributed by atoms with E-state index in [1.54, 1.807) is 24.3 Å². The van der Waals surface area contributed by atoms with Crippen molar-refractivity contribution < 1.29 is 13.2 Å². The minimum absolute atomic E-state index is 0.00700. The van der Waals surface area contributed by atoms with Gasteiger partial charge in [0.2, 0.25) is 0 Å². The predicted octanol–water partition coefficient (Wildman–Crippen LogP) is 2.87. The number of benzene rings is 2. The molecule has 0 saturated carbocycles. The second kappa shape index (κ2) is 7.63. The molecular formula is C21H24ClN3O3S. The summed E-state index contributed by atoms with van der Waals surface area (Å²) in [5, 5.41) is 0.492. The van der Waals surface area contributed by atoms with E-state index in [1.807, 2.05) is 24.9 Å². The van der Waals surface area contributed by atoms with Crippen molar-refractivity contribution in [1.29, 1.82) is 0 Å². The number of hydrogen-bond acceptors (Lipinski definition) is 4. The number of anilines is 1. The first kappa shape index (κ1) is 20.2. The van der Waals surface area contributed by atoms with Gasteiger partial charge in [0.15, 0.2) is 0 Å². The third-order valence-corrected chi connectivity index (χ3v) is 7.83. The molecule has 2 heterocycles. The molecule has 8 heteroatoms. The van der Waals surface area contributed by atoms with Gasteiger partial charge in [0.1, 0.15) is 0 Å². The maximum atomic E-state index is 13.2. The summed E-state index contributed by atoms with van der Waals surface area (Å²) in [7, 11) is -1.65. The first-order valence-electron chi connectivity index (χ1n) is 9.68. The van der Waals surface area contributed by atoms with Gasteiger partial charge in [0, 0.05) is 42.8 Å². The highest BCUT2D eigenvalue weighted by Crippen LogP contribution is 2.37. The van der Waals surface area contributed by atoms with Crippen LogP contribution in [-0.2, 0) is 16.4 Å². The van der Waals surface area contributed by atoms with E-state index < -0.39 is 10.0 Å². The molecule has 0 aliphatic carbocycles. The normalized spacial score (nSPS) is 20.0. The van der Waals surface area contributed by atoms with Crippen LogP contribution in [-0.4, -0.2) is 63.4 Å². The molecule has 2 aromatic rings. The summed E-state index contributed by atoms with van der Waals surface area (Å²) in [6.07, 6.45) is 0.575. The lowest BCUT2D eigenvalue weighted by molar-refractivity contribution is 0.0664. The van der Waals surface area contributed by atoms with Crippen LogP contribution < -0.4 is 4.31 Å². The van der Waals surface area contributed by atoms with Crippen LogP contribution in [0.4, 0.5) is 5.69 Å². The summed E-state index contributed by atoms with van der Waals surface area (Å²) in [6, 6.07) is 11.3. The molecule has 2 aliphatic rings. The molecule has 0 spiro atoms. The van der Waals surface area contributed by atoms with E-state index in [0.29, 0.717) is 35.8 Å². The first-order valence-corrected chi connectivity index (χ1v) is 11.5. The summed E-state index contributed by atoms with van der Waals surface area (Å²) in [5.41, 5.74) is 2.14. The summed E-state index contributed by atoms with van der Waals surface area (Å²) >= 11 is 5.90. The standard InChI is InChI=1S/C21H24ClN3O3S/c1-15-13-17-14-16(21(26)24-11-9-23(2)10-12-24)3-8-20(17)25(15)29(27,28)19-6-4-18(22)5-7-19/h3-8,14-15H,9-13H2,1-2H3/t15-/m1/s1. The maximum absolute atomic E-state index is 13.2. The van der Waals surface area contributed by atoms with Crippen molar-refractivity contribution in [2.75, 3.05) is 37.5 Å². The number of amides is 1. The Morgan fingerprint density at radius 2 is 1.69 bits per heavy atom. The molecule has 1 fully saturated rings. The minimum Gasteiger partial charge on any atom is -0.336 e. The lowest BCUT2D eigenvalue weighted by atomic mass is 10.1. The summed E-state index contributed by atoms with van der Waals surface area (Å²) in [6.45, 7) is 5.02. The van der Waals surface area contributed by atoms with Crippen LogP contribution in [0.25, 0.3) is 0 Å². The van der Waals surface area contributed by atoms with Crippen LogP contribution in [0.5, 0.6) is 0 Å². The smallest absolute Gasteiger partial charge is 0.264 e. The molecule has 2 aliphatic heterocycles. The molecule has 6 nitrogen and oxygen atoms in total. The molecule has 1 atom stereocenters. The Morgan fingerprint density at radius 3 is 2.34 bits per heavy atom. The fourth-order valence-electron chi connectivity index (χ4n) is 4.01. The second-order valence-corrected chi connectivity index (χ2v) is 10.00. The molecule has 29 heavy (non-hydrogen) atoms. The Balaban J connectivity index is 1.63. The second-order valence-electron chi connectivity index (χ2n) is 7.75. The molecule has 0 N–H and O–H groups in total. The van der Waals surface area contributed by atoms with Gasteiger partial charge in [0.05, 0.1) is 10.6 Å². The Bertz CT molecular complexity index is 1030. The fraction of sp³-hybridized carbons (Fsp3) is 0.381. The van der Waals surface area contributed by atoms with Crippen LogP contribution in [0.15, 0.2) is 47.4 Å². The minimum atomic E-state index is -3.70. The molecule has 0 radical (unpaired) electrons. The monoisotopic (exact) mass is 433 g/mol. The van der Waals surface area contributed by atoms with E-state index in [0.717, 1.165) is 18.7 Å². The summed E-state index contributed by atoms with van der Waals surface area (Å²) in [4.78, 5) is 17.2. The van der Waals surface area contributed by atoms with Gasteiger partial charge in [0.25, 0.3) is 15.9 Å². The predicted molar refractivity (Wildman–Crippen MR) is 114 cm³/mol. The van der Waals surface area contributed by atoms with Gasteiger partial charge in [-0.2, -0.15) is 0 Å². The van der Waals surface area contributed by atoms with Crippen molar-refractivity contribution in [1.82, 2.24) is 9.80 Å². The van der Waals surface area contributed by atoms with E-state index in [4.69, 9.17) is 11.6 Å². The molecule has 0 bridgehead atoms. The SMILES string of the molecule is C[C@@H]1Cc2cc(C(=O)N3CCN(C)CC3)ccc2N1S(=O)(=O)c1ccc(Cl)cc1. The topological polar surface area (TPSA) is 60.9 Å². The van der Waals surface area contributed by atoms with Gasteiger partial charge in [-0.25, -0.2) is 8.42 Å². The molecule has 1 saturated heterocycles. The van der Waals surface area contributed by atoms with Crippen LogP contribution in [0.3, 0.4) is 0 Å². The van der Waals surface area contributed by atoms with Crippen LogP contribution in [0, 0.1) is 0 Å². The summed E-state index contributed by atoms with van der Waals surface area (Å²) in [5.74, 6) is 0.00700. The fourth-order valence-corrected chi connectivity index (χ4v) is 5.83. The number of sulfonamides is 1. The number of piperazine rings is 1. The molecular weight excluding hydrogens is 410 g/mol. The number of rotatable bonds is 3. The highest BCUT2D eigenvalue weighted by molar-refractivity contribution is 7.92. The lowest BCUT2D eigenvalue weighted by Crippen LogP contribution is -2.47. The van der Waals surface area contributed by atoms with Gasteiger partial charge in [-0.05, 0) is 68.4 Å². The van der Waals surface area contributed by atoms with Gasteiger partial charge < -0.3 is 9.80 Å². The van der Waals surface area contributed by atoms with Gasteiger partial charge in [-0.3, -0.25) is 9.10 Å². The van der Waals surface area contributed by atoms with Crippen LogP contribution in [0.1, 0.15) is 22.8 Å². The van der Waals surface area contributed by atoms with Crippen molar-refractivity contribution >= 4 is 33.2 Å². The highest BCUT2D eigenvalue weighted by Gasteiger charge is 2.36. The number of fused-ring (bicyclic) bond motifs is 1. The van der Waals surface area contributed by atoms with E-state index in [1.165, 1.54) is 16.4 Å². The lowest BCUT2D eigenvalue weighted by Gasteiger charge is -2.32. The van der Waals surface area contributed by atoms with Crippen molar-refractivity contribution in [3.05, 3.63) is 58.6 Å². The summed E-state index contributed by atoms with van der Waals surface area (Å²) < 4.78 is 27.9. The van der Waals surface area contributed by atoms with Gasteiger partial charge in [-0.15, -0.1) is 0 Å².